The van der Waals surface area contributed by atoms with Crippen LogP contribution in [-0.2, 0) is 16.2 Å². The van der Waals surface area contributed by atoms with Gasteiger partial charge >= 0.3 is 0 Å². The number of hydroxylamine groups is 1. The largest absolute Gasteiger partial charge is 0.289 e. The van der Waals surface area contributed by atoms with E-state index in [0.29, 0.717) is 16.8 Å². The number of aromatic nitrogens is 2. The second-order valence-corrected chi connectivity index (χ2v) is 6.25. The first-order valence-corrected chi connectivity index (χ1v) is 8.37. The molecule has 0 radical (unpaired) electrons. The summed E-state index contributed by atoms with van der Waals surface area (Å²) in [5.41, 5.74) is 2.92. The van der Waals surface area contributed by atoms with Crippen molar-refractivity contribution in [2.45, 2.75) is 13.5 Å². The van der Waals surface area contributed by atoms with E-state index in [2.05, 4.69) is 10.5 Å². The van der Waals surface area contributed by atoms with Gasteiger partial charge in [0.1, 0.15) is 11.4 Å². The molecule has 22 heavy (non-hydrogen) atoms. The number of carbonyl (C=O) groups excluding carboxylic acids is 1. The van der Waals surface area contributed by atoms with Crippen LogP contribution in [0.15, 0.2) is 34.0 Å². The SMILES string of the molecule is CCONC(=O)Cn1cnc2scc(-c3cccs3)c2c1=O. The smallest absolute Gasteiger partial charge is 0.263 e. The molecule has 3 heterocycles. The average molecular weight is 335 g/mol. The van der Waals surface area contributed by atoms with Gasteiger partial charge in [0, 0.05) is 15.8 Å². The molecule has 1 N–H and O–H groups in total. The van der Waals surface area contributed by atoms with Gasteiger partial charge in [-0.2, -0.15) is 0 Å². The van der Waals surface area contributed by atoms with Crippen LogP contribution in [0.25, 0.3) is 20.7 Å². The summed E-state index contributed by atoms with van der Waals surface area (Å²) in [6.45, 7) is 2.01. The second-order valence-electron chi connectivity index (χ2n) is 4.44. The highest BCUT2D eigenvalue weighted by atomic mass is 32.1. The zero-order valence-electron chi connectivity index (χ0n) is 11.7. The average Bonchev–Trinajstić information content (AvgIpc) is 3.16. The van der Waals surface area contributed by atoms with Gasteiger partial charge in [-0.1, -0.05) is 6.07 Å². The standard InChI is InChI=1S/C14H13N3O3S2/c1-2-20-16-11(18)6-17-8-15-13-12(14(17)19)9(7-22-13)10-4-3-5-21-10/h3-5,7-8H,2,6H2,1H3,(H,16,18). The molecule has 0 saturated heterocycles. The lowest BCUT2D eigenvalue weighted by molar-refractivity contribution is -0.133. The van der Waals surface area contributed by atoms with E-state index in [1.807, 2.05) is 22.9 Å². The maximum atomic E-state index is 12.6. The van der Waals surface area contributed by atoms with Crippen molar-refractivity contribution < 1.29 is 9.63 Å². The van der Waals surface area contributed by atoms with Crippen molar-refractivity contribution in [2.24, 2.45) is 0 Å². The highest BCUT2D eigenvalue weighted by Gasteiger charge is 2.15. The topological polar surface area (TPSA) is 73.2 Å². The van der Waals surface area contributed by atoms with Crippen LogP contribution < -0.4 is 11.0 Å². The van der Waals surface area contributed by atoms with Crippen LogP contribution in [0.3, 0.4) is 0 Å². The molecule has 1 amide bonds. The molecule has 0 aliphatic carbocycles. The normalized spacial score (nSPS) is 11.0. The van der Waals surface area contributed by atoms with E-state index in [4.69, 9.17) is 4.84 Å². The van der Waals surface area contributed by atoms with Crippen molar-refractivity contribution >= 4 is 38.8 Å². The summed E-state index contributed by atoms with van der Waals surface area (Å²) in [5, 5.41) is 4.44. The van der Waals surface area contributed by atoms with Crippen molar-refractivity contribution in [3.05, 3.63) is 39.6 Å². The van der Waals surface area contributed by atoms with E-state index in [1.165, 1.54) is 22.2 Å². The minimum Gasteiger partial charge on any atom is -0.289 e. The Morgan fingerprint density at radius 2 is 2.32 bits per heavy atom. The maximum Gasteiger partial charge on any atom is 0.263 e. The number of thiophene rings is 2. The molecule has 0 aromatic carbocycles. The van der Waals surface area contributed by atoms with E-state index in [9.17, 15) is 9.59 Å². The van der Waals surface area contributed by atoms with E-state index >= 15 is 0 Å². The highest BCUT2D eigenvalue weighted by molar-refractivity contribution is 7.18. The number of nitrogens with one attached hydrogen (secondary N) is 1. The van der Waals surface area contributed by atoms with Crippen molar-refractivity contribution in [1.82, 2.24) is 15.0 Å². The predicted octanol–water partition coefficient (Wildman–Crippen LogP) is 2.25. The quantitative estimate of drug-likeness (QED) is 0.726. The monoisotopic (exact) mass is 335 g/mol. The first-order chi connectivity index (χ1) is 10.7. The fourth-order valence-corrected chi connectivity index (χ4v) is 3.75. The predicted molar refractivity (Wildman–Crippen MR) is 87.0 cm³/mol. The van der Waals surface area contributed by atoms with Crippen LogP contribution in [0.5, 0.6) is 0 Å². The number of nitrogens with zero attached hydrogens (tertiary/aromatic N) is 2. The van der Waals surface area contributed by atoms with Gasteiger partial charge in [0.2, 0.25) is 0 Å². The molecule has 3 aromatic rings. The summed E-state index contributed by atoms with van der Waals surface area (Å²) in [5.74, 6) is -0.391. The van der Waals surface area contributed by atoms with Crippen LogP contribution in [0, 0.1) is 0 Å². The van der Waals surface area contributed by atoms with Crippen LogP contribution in [0.2, 0.25) is 0 Å². The Morgan fingerprint density at radius 1 is 1.45 bits per heavy atom. The molecule has 0 bridgehead atoms. The summed E-state index contributed by atoms with van der Waals surface area (Å²) in [6.07, 6.45) is 1.39. The lowest BCUT2D eigenvalue weighted by atomic mass is 10.2. The molecule has 3 rings (SSSR count). The summed E-state index contributed by atoms with van der Waals surface area (Å²) in [7, 11) is 0. The van der Waals surface area contributed by atoms with Gasteiger partial charge in [0.15, 0.2) is 0 Å². The molecule has 114 valence electrons. The zero-order valence-corrected chi connectivity index (χ0v) is 13.4. The van der Waals surface area contributed by atoms with Crippen molar-refractivity contribution in [2.75, 3.05) is 6.61 Å². The molecule has 3 aromatic heterocycles. The van der Waals surface area contributed by atoms with Gasteiger partial charge in [-0.3, -0.25) is 19.0 Å². The first kappa shape index (κ1) is 14.9. The molecule has 0 atom stereocenters. The van der Waals surface area contributed by atoms with Crippen LogP contribution in [0.4, 0.5) is 0 Å². The minimum atomic E-state index is -0.391. The maximum absolute atomic E-state index is 12.6. The van der Waals surface area contributed by atoms with Gasteiger partial charge in [0.25, 0.3) is 11.5 Å². The molecule has 0 aliphatic heterocycles. The Hall–Kier alpha value is -2.03. The third-order valence-corrected chi connectivity index (χ3v) is 4.78. The number of hydrogen-bond donors (Lipinski definition) is 1. The fraction of sp³-hybridized carbons (Fsp3) is 0.214. The summed E-state index contributed by atoms with van der Waals surface area (Å²) >= 11 is 2.99. The highest BCUT2D eigenvalue weighted by Crippen LogP contribution is 2.33. The van der Waals surface area contributed by atoms with E-state index in [1.54, 1.807) is 18.3 Å². The van der Waals surface area contributed by atoms with Gasteiger partial charge in [-0.05, 0) is 18.4 Å². The Bertz CT molecular complexity index is 852. The van der Waals surface area contributed by atoms with E-state index < -0.39 is 5.91 Å². The van der Waals surface area contributed by atoms with Gasteiger partial charge in [-0.15, -0.1) is 22.7 Å². The third-order valence-electron chi connectivity index (χ3n) is 2.99. The Morgan fingerprint density at radius 3 is 3.05 bits per heavy atom. The molecule has 6 nitrogen and oxygen atoms in total. The Kier molecular flexibility index (Phi) is 4.32. The van der Waals surface area contributed by atoms with E-state index in [-0.39, 0.29) is 12.1 Å². The number of amides is 1. The second kappa shape index (κ2) is 6.39. The van der Waals surface area contributed by atoms with Crippen LogP contribution >= 0.6 is 22.7 Å². The van der Waals surface area contributed by atoms with Crippen LogP contribution in [-0.4, -0.2) is 22.1 Å². The fourth-order valence-electron chi connectivity index (χ4n) is 2.03. The summed E-state index contributed by atoms with van der Waals surface area (Å²) in [6, 6.07) is 3.90. The zero-order chi connectivity index (χ0) is 15.5. The number of fused-ring (bicyclic) bond motifs is 1. The van der Waals surface area contributed by atoms with Gasteiger partial charge in [-0.25, -0.2) is 10.5 Å². The molecule has 0 fully saturated rings. The van der Waals surface area contributed by atoms with Gasteiger partial charge in [0.05, 0.1) is 18.3 Å². The number of rotatable bonds is 5. The third kappa shape index (κ3) is 2.80. The first-order valence-electron chi connectivity index (χ1n) is 6.62. The van der Waals surface area contributed by atoms with Crippen molar-refractivity contribution in [1.29, 1.82) is 0 Å². The molecule has 0 spiro atoms. The Labute approximate surface area is 134 Å². The van der Waals surface area contributed by atoms with E-state index in [0.717, 1.165) is 10.4 Å². The molecule has 0 saturated carbocycles. The number of hydrogen-bond acceptors (Lipinski definition) is 6. The summed E-state index contributed by atoms with van der Waals surface area (Å²) < 4.78 is 1.29. The summed E-state index contributed by atoms with van der Waals surface area (Å²) in [4.78, 5) is 35.1. The molecular formula is C14H13N3O3S2. The van der Waals surface area contributed by atoms with Crippen molar-refractivity contribution in [3.63, 3.8) is 0 Å². The molecule has 0 unspecified atom stereocenters. The van der Waals surface area contributed by atoms with Crippen LogP contribution in [0.1, 0.15) is 6.92 Å². The molecule has 0 aliphatic rings. The molecule has 8 heteroatoms. The number of carbonyl (C=O) groups is 1. The lowest BCUT2D eigenvalue weighted by Gasteiger charge is -2.06. The Balaban J connectivity index is 2.00. The molecular weight excluding hydrogens is 322 g/mol. The van der Waals surface area contributed by atoms with Crippen molar-refractivity contribution in [3.8, 4) is 10.4 Å². The lowest BCUT2D eigenvalue weighted by Crippen LogP contribution is -2.32. The van der Waals surface area contributed by atoms with Gasteiger partial charge < -0.3 is 0 Å². The minimum absolute atomic E-state index is 0.124.